The molecule has 2 aliphatic carbocycles. The smallest absolute Gasteiger partial charge is 0.407 e. The van der Waals surface area contributed by atoms with E-state index in [1.165, 1.54) is 0 Å². The molecular formula is C24H41N3O8S. The van der Waals surface area contributed by atoms with Crippen LogP contribution in [0.1, 0.15) is 74.4 Å². The minimum atomic E-state index is -4.97. The summed E-state index contributed by atoms with van der Waals surface area (Å²) in [6.45, 7) is 1.72. The Balaban J connectivity index is 1.67. The molecule has 0 aromatic heterocycles. The van der Waals surface area contributed by atoms with E-state index in [-0.39, 0.29) is 24.7 Å². The van der Waals surface area contributed by atoms with Crippen molar-refractivity contribution >= 4 is 28.0 Å². The van der Waals surface area contributed by atoms with E-state index in [1.807, 2.05) is 0 Å². The summed E-state index contributed by atoms with van der Waals surface area (Å²) in [6.07, 6.45) is 4.68. The molecule has 3 amide bonds. The largest absolute Gasteiger partial charge is 0.449 e. The highest BCUT2D eigenvalue weighted by molar-refractivity contribution is 7.86. The Bertz CT molecular complexity index is 968. The summed E-state index contributed by atoms with van der Waals surface area (Å²) in [5.74, 6) is -1.60. The lowest BCUT2D eigenvalue weighted by atomic mass is 9.68. The molecule has 3 fully saturated rings. The Morgan fingerprint density at radius 1 is 1.17 bits per heavy atom. The van der Waals surface area contributed by atoms with Crippen LogP contribution < -0.4 is 16.0 Å². The van der Waals surface area contributed by atoms with E-state index in [0.717, 1.165) is 25.7 Å². The number of carbonyl (C=O) groups is 3. The summed E-state index contributed by atoms with van der Waals surface area (Å²) >= 11 is 0. The number of carbonyl (C=O) groups excluding carboxylic acids is 3. The van der Waals surface area contributed by atoms with Crippen LogP contribution >= 0.6 is 0 Å². The molecule has 36 heavy (non-hydrogen) atoms. The first kappa shape index (κ1) is 25.7. The second-order valence-corrected chi connectivity index (χ2v) is 12.4. The molecular weight excluding hydrogens is 490 g/mol. The van der Waals surface area contributed by atoms with Crippen molar-refractivity contribution in [3.63, 3.8) is 0 Å². The summed E-state index contributed by atoms with van der Waals surface area (Å²) < 4.78 is 54.7. The third-order valence-corrected chi connectivity index (χ3v) is 8.38. The molecule has 3 aliphatic rings. The predicted octanol–water partition coefficient (Wildman–Crippen LogP) is 1.56. The Morgan fingerprint density at radius 3 is 2.39 bits per heavy atom. The van der Waals surface area contributed by atoms with Crippen molar-refractivity contribution in [2.45, 2.75) is 89.2 Å². The van der Waals surface area contributed by atoms with Gasteiger partial charge in [0.15, 0.2) is 0 Å². The second-order valence-electron chi connectivity index (χ2n) is 10.9. The summed E-state index contributed by atoms with van der Waals surface area (Å²) in [5, 5.41) is 17.5. The van der Waals surface area contributed by atoms with Crippen molar-refractivity contribution in [3.8, 4) is 0 Å². The highest BCUT2D eigenvalue weighted by atomic mass is 32.2. The van der Waals surface area contributed by atoms with Crippen molar-refractivity contribution in [1.82, 2.24) is 16.0 Å². The normalized spacial score (nSPS) is 29.9. The van der Waals surface area contributed by atoms with Crippen LogP contribution in [0.15, 0.2) is 0 Å². The second kappa shape index (κ2) is 12.6. The lowest BCUT2D eigenvalue weighted by Gasteiger charge is -2.38. The van der Waals surface area contributed by atoms with E-state index >= 15 is 0 Å². The van der Waals surface area contributed by atoms with Crippen molar-refractivity contribution in [1.29, 1.82) is 0 Å². The zero-order valence-corrected chi connectivity index (χ0v) is 21.8. The average molecular weight is 534 g/mol. The number of fused-ring (bicyclic) bond motifs is 2. The zero-order valence-electron chi connectivity index (χ0n) is 22.9. The number of aliphatic hydroxyl groups excluding tert-OH is 1. The average Bonchev–Trinajstić information content (AvgIpc) is 3.20. The van der Waals surface area contributed by atoms with Crippen LogP contribution in [0.2, 0.25) is 0 Å². The monoisotopic (exact) mass is 533 g/mol. The number of ether oxygens (including phenoxy) is 1. The maximum Gasteiger partial charge on any atom is 0.407 e. The van der Waals surface area contributed by atoms with Gasteiger partial charge in [-0.1, -0.05) is 33.1 Å². The first-order valence-corrected chi connectivity index (χ1v) is 14.4. The summed E-state index contributed by atoms with van der Waals surface area (Å²) in [5.41, 5.74) is -2.38. The zero-order chi connectivity index (χ0) is 28.3. The molecule has 5 N–H and O–H groups in total. The maximum absolute atomic E-state index is 13.1. The summed E-state index contributed by atoms with van der Waals surface area (Å²) in [6, 6.07) is -2.76. The number of rotatable bonds is 11. The van der Waals surface area contributed by atoms with Crippen molar-refractivity contribution in [2.24, 2.45) is 29.6 Å². The minimum absolute atomic E-state index is 0.105. The molecule has 11 nitrogen and oxygen atoms in total. The van der Waals surface area contributed by atoms with E-state index in [2.05, 4.69) is 16.0 Å². The van der Waals surface area contributed by atoms with Crippen molar-refractivity contribution in [2.75, 3.05) is 13.1 Å². The standard InChI is InChI=1S/C24H41N3O8S/c1-14(2)8-19(27-24(31)35-13-17-10-15-4-3-5-16(9-15)11-17)22(29)26-20(23(30)36(32,33)34)12-18-6-7-25-21(18)28/h14-20,23,30H,3-13H2,1-2H3,(H,25,28)(H,26,29)(H,27,31)(H,32,33,34)/t15-,16+,17?,18-,19-,20-,23?/m0/s1/i13D2. The van der Waals surface area contributed by atoms with Crippen LogP contribution in [0.5, 0.6) is 0 Å². The van der Waals surface area contributed by atoms with Gasteiger partial charge in [-0.25, -0.2) is 4.79 Å². The van der Waals surface area contributed by atoms with Crippen LogP contribution in [0.4, 0.5) is 4.79 Å². The predicted molar refractivity (Wildman–Crippen MR) is 131 cm³/mol. The molecule has 2 unspecified atom stereocenters. The van der Waals surface area contributed by atoms with Crippen LogP contribution in [0.3, 0.4) is 0 Å². The Kier molecular flexibility index (Phi) is 8.97. The van der Waals surface area contributed by atoms with Gasteiger partial charge in [-0.15, -0.1) is 0 Å². The number of amides is 3. The number of nitrogens with one attached hydrogen (secondary N) is 3. The van der Waals surface area contributed by atoms with E-state index in [0.29, 0.717) is 37.6 Å². The van der Waals surface area contributed by atoms with Gasteiger partial charge in [0, 0.05) is 12.5 Å². The topological polar surface area (TPSA) is 171 Å². The van der Waals surface area contributed by atoms with Gasteiger partial charge < -0.3 is 25.8 Å². The van der Waals surface area contributed by atoms with Gasteiger partial charge in [-0.2, -0.15) is 8.42 Å². The molecule has 12 heteroatoms. The van der Waals surface area contributed by atoms with Crippen LogP contribution in [-0.2, 0) is 24.4 Å². The number of hydrogen-bond donors (Lipinski definition) is 5. The fourth-order valence-corrected chi connectivity index (χ4v) is 6.35. The third kappa shape index (κ3) is 8.31. The lowest BCUT2D eigenvalue weighted by molar-refractivity contribution is -0.126. The van der Waals surface area contributed by atoms with Gasteiger partial charge in [-0.05, 0) is 62.2 Å². The molecule has 2 saturated carbocycles. The molecule has 1 aliphatic heterocycles. The molecule has 206 valence electrons. The first-order chi connectivity index (χ1) is 17.7. The van der Waals surface area contributed by atoms with E-state index in [9.17, 15) is 32.5 Å². The maximum atomic E-state index is 13.1. The quantitative estimate of drug-likeness (QED) is 0.249. The summed E-state index contributed by atoms with van der Waals surface area (Å²) in [7, 11) is -4.97. The Labute approximate surface area is 216 Å². The molecule has 7 atom stereocenters. The fourth-order valence-electron chi connectivity index (χ4n) is 5.75. The fraction of sp³-hybridized carbons (Fsp3) is 0.875. The third-order valence-electron chi connectivity index (χ3n) is 7.44. The molecule has 1 saturated heterocycles. The van der Waals surface area contributed by atoms with Gasteiger partial charge >= 0.3 is 6.09 Å². The SMILES string of the molecule is [2H]C([2H])(OC(=O)N[C@@H](CC(C)C)C(=O)N[C@@H](C[C@@H]1CCNC1=O)C(O)S(=O)(=O)O)C1C[C@H]2CCC[C@@H](C1)C2. The van der Waals surface area contributed by atoms with Gasteiger partial charge in [-0.3, -0.25) is 14.1 Å². The van der Waals surface area contributed by atoms with Gasteiger partial charge in [0.25, 0.3) is 10.1 Å². The van der Waals surface area contributed by atoms with Crippen LogP contribution in [-0.4, -0.2) is 66.6 Å². The molecule has 0 aromatic rings. The summed E-state index contributed by atoms with van der Waals surface area (Å²) in [4.78, 5) is 37.9. The highest BCUT2D eigenvalue weighted by Crippen LogP contribution is 2.42. The van der Waals surface area contributed by atoms with Crippen molar-refractivity contribution < 1.29 is 39.9 Å². The number of aliphatic hydroxyl groups is 1. The molecule has 0 aromatic carbocycles. The molecule has 2 bridgehead atoms. The van der Waals surface area contributed by atoms with Gasteiger partial charge in [0.1, 0.15) is 6.04 Å². The number of hydrogen-bond acceptors (Lipinski definition) is 7. The van der Waals surface area contributed by atoms with Gasteiger partial charge in [0.2, 0.25) is 17.3 Å². The van der Waals surface area contributed by atoms with Crippen molar-refractivity contribution in [3.05, 3.63) is 0 Å². The number of alkyl carbamates (subject to hydrolysis) is 1. The lowest BCUT2D eigenvalue weighted by Crippen LogP contribution is -2.55. The van der Waals surface area contributed by atoms with Crippen LogP contribution in [0, 0.1) is 29.6 Å². The van der Waals surface area contributed by atoms with Gasteiger partial charge in [0.05, 0.1) is 15.3 Å². The van der Waals surface area contributed by atoms with E-state index < -0.39 is 58.0 Å². The van der Waals surface area contributed by atoms with Crippen LogP contribution in [0.25, 0.3) is 0 Å². The Hall–Kier alpha value is -1.92. The molecule has 3 rings (SSSR count). The molecule has 0 radical (unpaired) electrons. The van der Waals surface area contributed by atoms with E-state index in [1.54, 1.807) is 13.8 Å². The minimum Gasteiger partial charge on any atom is -0.449 e. The highest BCUT2D eigenvalue weighted by Gasteiger charge is 2.38. The first-order valence-electron chi connectivity index (χ1n) is 13.9. The Morgan fingerprint density at radius 2 is 1.83 bits per heavy atom. The molecule has 0 spiro atoms. The molecule has 1 heterocycles. The van der Waals surface area contributed by atoms with E-state index in [4.69, 9.17) is 7.48 Å².